The van der Waals surface area contributed by atoms with Gasteiger partial charge >= 0.3 is 0 Å². The Balaban J connectivity index is 1.91. The Morgan fingerprint density at radius 3 is 2.76 bits per heavy atom. The number of methoxy groups -OCH3 is 1. The first-order chi connectivity index (χ1) is 9.96. The van der Waals surface area contributed by atoms with Crippen LogP contribution in [0.3, 0.4) is 0 Å². The molecule has 0 aromatic carbocycles. The van der Waals surface area contributed by atoms with Crippen LogP contribution in [0.5, 0.6) is 5.88 Å². The van der Waals surface area contributed by atoms with Gasteiger partial charge in [0.15, 0.2) is 0 Å². The smallest absolute Gasteiger partial charge is 0.213 e. The number of hydrogen-bond acceptors (Lipinski definition) is 4. The number of nitrogens with one attached hydrogen (secondary N) is 1. The lowest BCUT2D eigenvalue weighted by atomic mass is 9.95. The van der Waals surface area contributed by atoms with Crippen LogP contribution in [0.15, 0.2) is 18.3 Å². The molecule has 2 unspecified atom stereocenters. The molecule has 1 aromatic heterocycles. The minimum Gasteiger partial charge on any atom is -0.474 e. The Morgan fingerprint density at radius 1 is 1.29 bits per heavy atom. The monoisotopic (exact) mass is 292 g/mol. The summed E-state index contributed by atoms with van der Waals surface area (Å²) < 4.78 is 11.5. The maximum atomic E-state index is 6.04. The lowest BCUT2D eigenvalue weighted by Crippen LogP contribution is -2.35. The zero-order chi connectivity index (χ0) is 15.3. The van der Waals surface area contributed by atoms with Crippen molar-refractivity contribution in [1.29, 1.82) is 0 Å². The molecule has 118 valence electrons. The molecule has 4 nitrogen and oxygen atoms in total. The summed E-state index contributed by atoms with van der Waals surface area (Å²) in [5, 5.41) is 3.48. The highest BCUT2D eigenvalue weighted by molar-refractivity contribution is 5.20. The van der Waals surface area contributed by atoms with Gasteiger partial charge in [0.2, 0.25) is 5.88 Å². The van der Waals surface area contributed by atoms with E-state index in [4.69, 9.17) is 9.47 Å². The number of hydrogen-bond donors (Lipinski definition) is 1. The minimum atomic E-state index is 0.110. The summed E-state index contributed by atoms with van der Waals surface area (Å²) in [7, 11) is 1.78. The maximum absolute atomic E-state index is 6.04. The van der Waals surface area contributed by atoms with Crippen molar-refractivity contribution in [3.8, 4) is 5.88 Å². The van der Waals surface area contributed by atoms with E-state index in [0.717, 1.165) is 38.1 Å². The highest BCUT2D eigenvalue weighted by atomic mass is 16.5. The average Bonchev–Trinajstić information content (AvgIpc) is 2.45. The van der Waals surface area contributed by atoms with Gasteiger partial charge in [-0.1, -0.05) is 0 Å². The second kappa shape index (κ2) is 7.23. The second-order valence-electron chi connectivity index (χ2n) is 6.87. The molecule has 4 heteroatoms. The van der Waals surface area contributed by atoms with Crippen molar-refractivity contribution < 1.29 is 9.47 Å². The van der Waals surface area contributed by atoms with Crippen LogP contribution in [-0.4, -0.2) is 29.8 Å². The van der Waals surface area contributed by atoms with Gasteiger partial charge in [0.25, 0.3) is 0 Å². The molecular formula is C17H28N2O2. The van der Waals surface area contributed by atoms with Crippen molar-refractivity contribution in [3.63, 3.8) is 0 Å². The fourth-order valence-corrected chi connectivity index (χ4v) is 2.59. The highest BCUT2D eigenvalue weighted by Crippen LogP contribution is 2.24. The average molecular weight is 292 g/mol. The topological polar surface area (TPSA) is 43.4 Å². The molecule has 2 atom stereocenters. The highest BCUT2D eigenvalue weighted by Gasteiger charge is 2.23. The van der Waals surface area contributed by atoms with Crippen molar-refractivity contribution in [3.05, 3.63) is 23.9 Å². The van der Waals surface area contributed by atoms with Crippen molar-refractivity contribution >= 4 is 0 Å². The zero-order valence-corrected chi connectivity index (χ0v) is 13.7. The van der Waals surface area contributed by atoms with Crippen LogP contribution < -0.4 is 10.1 Å². The molecule has 1 fully saturated rings. The molecule has 0 bridgehead atoms. The van der Waals surface area contributed by atoms with E-state index in [0.29, 0.717) is 6.10 Å². The van der Waals surface area contributed by atoms with Gasteiger partial charge in [-0.3, -0.25) is 0 Å². The Kier molecular flexibility index (Phi) is 5.59. The summed E-state index contributed by atoms with van der Waals surface area (Å²) in [5.41, 5.74) is 1.31. The molecule has 2 rings (SSSR count). The third-order valence-electron chi connectivity index (χ3n) is 3.82. The van der Waals surface area contributed by atoms with Crippen LogP contribution in [0.1, 0.15) is 52.0 Å². The Labute approximate surface area is 128 Å². The molecule has 0 spiro atoms. The summed E-state index contributed by atoms with van der Waals surface area (Å²) in [6.07, 6.45) is 6.73. The number of nitrogens with zero attached hydrogens (tertiary/aromatic N) is 1. The summed E-state index contributed by atoms with van der Waals surface area (Å²) in [5.74, 6) is 0.727. The van der Waals surface area contributed by atoms with E-state index in [-0.39, 0.29) is 11.6 Å². The number of rotatable bonds is 5. The molecule has 21 heavy (non-hydrogen) atoms. The van der Waals surface area contributed by atoms with E-state index in [1.165, 1.54) is 5.56 Å². The first-order valence-corrected chi connectivity index (χ1v) is 7.86. The Hall–Kier alpha value is -1.13. The first-order valence-electron chi connectivity index (χ1n) is 7.86. The quantitative estimate of drug-likeness (QED) is 0.904. The number of aromatic nitrogens is 1. The van der Waals surface area contributed by atoms with Gasteiger partial charge < -0.3 is 14.8 Å². The van der Waals surface area contributed by atoms with Crippen molar-refractivity contribution in [1.82, 2.24) is 10.3 Å². The van der Waals surface area contributed by atoms with Gasteiger partial charge in [0, 0.05) is 37.9 Å². The predicted octanol–water partition coefficient (Wildman–Crippen LogP) is 3.31. The third kappa shape index (κ3) is 5.64. The van der Waals surface area contributed by atoms with Crippen LogP contribution in [0.2, 0.25) is 0 Å². The predicted molar refractivity (Wildman–Crippen MR) is 84.5 cm³/mol. The normalized spacial score (nSPS) is 23.0. The minimum absolute atomic E-state index is 0.110. The fraction of sp³-hybridized carbons (Fsp3) is 0.706. The van der Waals surface area contributed by atoms with Gasteiger partial charge in [-0.05, 0) is 51.7 Å². The van der Waals surface area contributed by atoms with E-state index in [9.17, 15) is 0 Å². The molecule has 1 heterocycles. The zero-order valence-electron chi connectivity index (χ0n) is 13.7. The fourth-order valence-electron chi connectivity index (χ4n) is 2.59. The van der Waals surface area contributed by atoms with Gasteiger partial charge in [-0.2, -0.15) is 0 Å². The van der Waals surface area contributed by atoms with Crippen molar-refractivity contribution in [2.24, 2.45) is 0 Å². The molecule has 0 aliphatic heterocycles. The van der Waals surface area contributed by atoms with Crippen molar-refractivity contribution in [2.75, 3.05) is 7.11 Å². The van der Waals surface area contributed by atoms with E-state index in [1.54, 1.807) is 7.11 Å². The van der Waals surface area contributed by atoms with Crippen LogP contribution in [0, 0.1) is 0 Å². The van der Waals surface area contributed by atoms with Crippen LogP contribution in [0.4, 0.5) is 0 Å². The number of ether oxygens (including phenoxy) is 2. The van der Waals surface area contributed by atoms with Crippen LogP contribution >= 0.6 is 0 Å². The summed E-state index contributed by atoms with van der Waals surface area (Å²) in [6, 6.07) is 4.07. The van der Waals surface area contributed by atoms with Gasteiger partial charge in [0.05, 0.1) is 6.10 Å². The lowest BCUT2D eigenvalue weighted by molar-refractivity contribution is 0.0195. The van der Waals surface area contributed by atoms with Crippen molar-refractivity contribution in [2.45, 2.75) is 70.7 Å². The summed E-state index contributed by atoms with van der Waals surface area (Å²) in [6.45, 7) is 7.32. The standard InChI is InChI=1S/C17H28N2O2/c1-17(2,3)19-12-13-8-9-18-16(10-13)21-15-7-5-6-14(11-15)20-4/h8-10,14-15,19H,5-7,11-12H2,1-4H3. The van der Waals surface area contributed by atoms with Gasteiger partial charge in [-0.25, -0.2) is 4.98 Å². The number of pyridine rings is 1. The molecular weight excluding hydrogens is 264 g/mol. The summed E-state index contributed by atoms with van der Waals surface area (Å²) in [4.78, 5) is 4.34. The van der Waals surface area contributed by atoms with Crippen LogP contribution in [-0.2, 0) is 11.3 Å². The molecule has 0 radical (unpaired) electrons. The molecule has 1 N–H and O–H groups in total. The molecule has 0 saturated heterocycles. The summed E-state index contributed by atoms with van der Waals surface area (Å²) >= 11 is 0. The first kappa shape index (κ1) is 16.2. The van der Waals surface area contributed by atoms with E-state index in [1.807, 2.05) is 18.3 Å². The second-order valence-corrected chi connectivity index (χ2v) is 6.87. The third-order valence-corrected chi connectivity index (χ3v) is 3.82. The molecule has 1 aromatic rings. The largest absolute Gasteiger partial charge is 0.474 e. The van der Waals surface area contributed by atoms with Gasteiger partial charge in [0.1, 0.15) is 6.10 Å². The molecule has 1 aliphatic rings. The molecule has 1 saturated carbocycles. The molecule has 0 amide bonds. The van der Waals surface area contributed by atoms with E-state index >= 15 is 0 Å². The van der Waals surface area contributed by atoms with Crippen LogP contribution in [0.25, 0.3) is 0 Å². The Bertz CT molecular complexity index is 443. The lowest BCUT2D eigenvalue weighted by Gasteiger charge is -2.28. The van der Waals surface area contributed by atoms with E-state index < -0.39 is 0 Å². The Morgan fingerprint density at radius 2 is 2.05 bits per heavy atom. The molecule has 1 aliphatic carbocycles. The van der Waals surface area contributed by atoms with E-state index in [2.05, 4.69) is 31.1 Å². The SMILES string of the molecule is COC1CCCC(Oc2cc(CNC(C)(C)C)ccn2)C1. The maximum Gasteiger partial charge on any atom is 0.213 e. The van der Waals surface area contributed by atoms with Gasteiger partial charge in [-0.15, -0.1) is 0 Å².